The minimum atomic E-state index is 0.205. The van der Waals surface area contributed by atoms with Crippen molar-refractivity contribution in [3.63, 3.8) is 0 Å². The molecule has 1 saturated carbocycles. The molecule has 1 heterocycles. The molecule has 0 aliphatic heterocycles. The summed E-state index contributed by atoms with van der Waals surface area (Å²) >= 11 is 0. The Labute approximate surface area is 101 Å². The minimum Gasteiger partial charge on any atom is -0.384 e. The monoisotopic (exact) mass is 232 g/mol. The zero-order valence-corrected chi connectivity index (χ0v) is 9.81. The van der Waals surface area contributed by atoms with Crippen LogP contribution in [-0.4, -0.2) is 24.2 Å². The molecule has 1 aromatic heterocycles. The predicted octanol–water partition coefficient (Wildman–Crippen LogP) is 1.51. The molecule has 5 nitrogen and oxygen atoms in total. The predicted molar refractivity (Wildman–Crippen MR) is 65.4 cm³/mol. The summed E-state index contributed by atoms with van der Waals surface area (Å²) in [5.41, 5.74) is 6.89. The summed E-state index contributed by atoms with van der Waals surface area (Å²) in [5.74, 6) is 0.415. The molecule has 0 unspecified atom stereocenters. The molecule has 1 fully saturated rings. The van der Waals surface area contributed by atoms with Crippen LogP contribution in [-0.2, 0) is 4.74 Å². The average Bonchev–Trinajstić information content (AvgIpc) is 2.77. The molecule has 0 radical (unpaired) electrons. The van der Waals surface area contributed by atoms with Crippen LogP contribution in [0, 0.1) is 11.3 Å². The van der Waals surface area contributed by atoms with Gasteiger partial charge in [-0.2, -0.15) is 5.26 Å². The van der Waals surface area contributed by atoms with Crippen molar-refractivity contribution in [2.75, 3.05) is 18.2 Å². The van der Waals surface area contributed by atoms with E-state index < -0.39 is 0 Å². The first kappa shape index (κ1) is 11.7. The zero-order valence-electron chi connectivity index (χ0n) is 9.81. The van der Waals surface area contributed by atoms with E-state index in [1.54, 1.807) is 13.2 Å². The number of nitrogens with two attached hydrogens (primary N) is 1. The normalized spacial score (nSPS) is 23.3. The summed E-state index contributed by atoms with van der Waals surface area (Å²) in [6.45, 7) is 0. The van der Waals surface area contributed by atoms with E-state index in [1.165, 1.54) is 6.20 Å². The van der Waals surface area contributed by atoms with Crippen LogP contribution in [0.1, 0.15) is 24.8 Å². The van der Waals surface area contributed by atoms with E-state index in [2.05, 4.69) is 16.4 Å². The van der Waals surface area contributed by atoms with Gasteiger partial charge in [-0.15, -0.1) is 0 Å². The molecule has 2 rings (SSSR count). The number of nitrogens with one attached hydrogen (secondary N) is 1. The highest BCUT2D eigenvalue weighted by Crippen LogP contribution is 2.26. The summed E-state index contributed by atoms with van der Waals surface area (Å²) in [6, 6.07) is 4.05. The van der Waals surface area contributed by atoms with Gasteiger partial charge in [-0.05, 0) is 19.3 Å². The van der Waals surface area contributed by atoms with E-state index in [4.69, 9.17) is 15.7 Å². The van der Waals surface area contributed by atoms with E-state index in [-0.39, 0.29) is 12.1 Å². The summed E-state index contributed by atoms with van der Waals surface area (Å²) < 4.78 is 5.41. The molecule has 0 saturated heterocycles. The van der Waals surface area contributed by atoms with Crippen molar-refractivity contribution in [2.24, 2.45) is 0 Å². The van der Waals surface area contributed by atoms with Gasteiger partial charge in [0.15, 0.2) is 0 Å². The Morgan fingerprint density at radius 1 is 1.59 bits per heavy atom. The first-order chi connectivity index (χ1) is 8.24. The SMILES string of the molecule is CO[C@@H]1CCC[C@H]1Nc1cc(N)ncc1C#N. The largest absolute Gasteiger partial charge is 0.384 e. The molecule has 0 amide bonds. The number of aromatic nitrogens is 1. The van der Waals surface area contributed by atoms with Gasteiger partial charge in [0.25, 0.3) is 0 Å². The fourth-order valence-corrected chi connectivity index (χ4v) is 2.25. The lowest BCUT2D eigenvalue weighted by atomic mass is 10.1. The molecule has 1 aromatic rings. The van der Waals surface area contributed by atoms with Gasteiger partial charge >= 0.3 is 0 Å². The molecule has 0 bridgehead atoms. The fourth-order valence-electron chi connectivity index (χ4n) is 2.25. The van der Waals surface area contributed by atoms with E-state index in [9.17, 15) is 0 Å². The van der Waals surface area contributed by atoms with Crippen molar-refractivity contribution in [3.05, 3.63) is 17.8 Å². The Morgan fingerprint density at radius 3 is 3.12 bits per heavy atom. The molecular formula is C12H16N4O. The van der Waals surface area contributed by atoms with Gasteiger partial charge in [-0.1, -0.05) is 0 Å². The zero-order chi connectivity index (χ0) is 12.3. The number of ether oxygens (including phenoxy) is 1. The maximum Gasteiger partial charge on any atom is 0.125 e. The highest BCUT2D eigenvalue weighted by molar-refractivity contribution is 5.61. The molecule has 5 heteroatoms. The van der Waals surface area contributed by atoms with Gasteiger partial charge in [0.05, 0.1) is 23.4 Å². The number of nitrogens with zero attached hydrogens (tertiary/aromatic N) is 2. The third-order valence-corrected chi connectivity index (χ3v) is 3.14. The van der Waals surface area contributed by atoms with Crippen LogP contribution < -0.4 is 11.1 Å². The second kappa shape index (κ2) is 5.02. The molecule has 0 spiro atoms. The Morgan fingerprint density at radius 2 is 2.41 bits per heavy atom. The van der Waals surface area contributed by atoms with Crippen LogP contribution in [0.15, 0.2) is 12.3 Å². The fraction of sp³-hybridized carbons (Fsp3) is 0.500. The molecule has 90 valence electrons. The number of pyridine rings is 1. The number of anilines is 2. The highest BCUT2D eigenvalue weighted by Gasteiger charge is 2.27. The number of rotatable bonds is 3. The average molecular weight is 232 g/mol. The maximum absolute atomic E-state index is 9.00. The van der Waals surface area contributed by atoms with Crippen LogP contribution in [0.3, 0.4) is 0 Å². The number of methoxy groups -OCH3 is 1. The van der Waals surface area contributed by atoms with Gasteiger partial charge in [0, 0.05) is 19.4 Å². The number of hydrogen-bond donors (Lipinski definition) is 2. The lowest BCUT2D eigenvalue weighted by molar-refractivity contribution is 0.101. The van der Waals surface area contributed by atoms with Gasteiger partial charge in [0.2, 0.25) is 0 Å². The molecule has 17 heavy (non-hydrogen) atoms. The molecule has 3 N–H and O–H groups in total. The van der Waals surface area contributed by atoms with E-state index in [0.29, 0.717) is 11.4 Å². The lowest BCUT2D eigenvalue weighted by Crippen LogP contribution is -2.30. The summed E-state index contributed by atoms with van der Waals surface area (Å²) in [4.78, 5) is 3.91. The van der Waals surface area contributed by atoms with Crippen molar-refractivity contribution >= 4 is 11.5 Å². The van der Waals surface area contributed by atoms with E-state index in [0.717, 1.165) is 24.9 Å². The Kier molecular flexibility index (Phi) is 3.45. The van der Waals surface area contributed by atoms with Gasteiger partial charge < -0.3 is 15.8 Å². The maximum atomic E-state index is 9.00. The third-order valence-electron chi connectivity index (χ3n) is 3.14. The Hall–Kier alpha value is -1.80. The first-order valence-electron chi connectivity index (χ1n) is 5.69. The van der Waals surface area contributed by atoms with Crippen LogP contribution in [0.5, 0.6) is 0 Å². The quantitative estimate of drug-likeness (QED) is 0.825. The smallest absolute Gasteiger partial charge is 0.125 e. The molecular weight excluding hydrogens is 216 g/mol. The number of hydrogen-bond acceptors (Lipinski definition) is 5. The first-order valence-corrected chi connectivity index (χ1v) is 5.69. The van der Waals surface area contributed by atoms with Crippen molar-refractivity contribution in [1.29, 1.82) is 5.26 Å². The van der Waals surface area contributed by atoms with Crippen molar-refractivity contribution in [2.45, 2.75) is 31.4 Å². The van der Waals surface area contributed by atoms with Crippen molar-refractivity contribution in [3.8, 4) is 6.07 Å². The van der Waals surface area contributed by atoms with Crippen LogP contribution in [0.2, 0.25) is 0 Å². The second-order valence-electron chi connectivity index (χ2n) is 4.22. The van der Waals surface area contributed by atoms with E-state index in [1.807, 2.05) is 0 Å². The standard InChI is InChI=1S/C12H16N4O/c1-17-11-4-2-3-9(11)16-10-5-12(14)15-7-8(10)6-13/h5,7,9,11H,2-4H2,1H3,(H3,14,15,16)/t9-,11-/m1/s1. The molecule has 0 aromatic carbocycles. The summed E-state index contributed by atoms with van der Waals surface area (Å²) in [7, 11) is 1.72. The van der Waals surface area contributed by atoms with Crippen LogP contribution in [0.25, 0.3) is 0 Å². The molecule has 2 atom stereocenters. The second-order valence-corrected chi connectivity index (χ2v) is 4.22. The lowest BCUT2D eigenvalue weighted by Gasteiger charge is -2.21. The van der Waals surface area contributed by atoms with Gasteiger partial charge in [-0.25, -0.2) is 4.98 Å². The summed E-state index contributed by atoms with van der Waals surface area (Å²) in [6.07, 6.45) is 4.94. The molecule has 1 aliphatic carbocycles. The van der Waals surface area contributed by atoms with Gasteiger partial charge in [-0.3, -0.25) is 0 Å². The van der Waals surface area contributed by atoms with E-state index >= 15 is 0 Å². The summed E-state index contributed by atoms with van der Waals surface area (Å²) in [5, 5.41) is 12.3. The highest BCUT2D eigenvalue weighted by atomic mass is 16.5. The van der Waals surface area contributed by atoms with Crippen molar-refractivity contribution in [1.82, 2.24) is 4.98 Å². The molecule has 1 aliphatic rings. The van der Waals surface area contributed by atoms with Gasteiger partial charge in [0.1, 0.15) is 11.9 Å². The number of nitrogen functional groups attached to an aromatic ring is 1. The Bertz CT molecular complexity index is 441. The number of nitriles is 1. The van der Waals surface area contributed by atoms with Crippen LogP contribution >= 0.6 is 0 Å². The minimum absolute atomic E-state index is 0.205. The third kappa shape index (κ3) is 2.48. The topological polar surface area (TPSA) is 84.0 Å². The Balaban J connectivity index is 2.18. The van der Waals surface area contributed by atoms with Crippen LogP contribution in [0.4, 0.5) is 11.5 Å². The van der Waals surface area contributed by atoms with Crippen molar-refractivity contribution < 1.29 is 4.74 Å².